The number of ether oxygens (including phenoxy) is 1. The first-order chi connectivity index (χ1) is 18.2. The fourth-order valence-corrected chi connectivity index (χ4v) is 9.03. The third-order valence-electron chi connectivity index (χ3n) is 11.3. The van der Waals surface area contributed by atoms with E-state index in [4.69, 9.17) is 4.74 Å². The number of fused-ring (bicyclic) bond motifs is 4. The molecule has 5 atom stereocenters. The molecule has 5 heteroatoms. The highest BCUT2D eigenvalue weighted by molar-refractivity contribution is 5.94. The van der Waals surface area contributed by atoms with E-state index in [2.05, 4.69) is 62.0 Å². The van der Waals surface area contributed by atoms with E-state index in [0.29, 0.717) is 35.6 Å². The van der Waals surface area contributed by atoms with Crippen LogP contribution in [0.2, 0.25) is 0 Å². The maximum absolute atomic E-state index is 12.9. The molecule has 5 nitrogen and oxygen atoms in total. The SMILES string of the molecule is CC1=C(CCCC(=O)Nc2ccc3c(ccn3C3COC3)c2)[C@@H]2CC[C@H]3C(C)(C)[C@@H](O)CC[C@]3(C)[C@H]2CC1. The zero-order valence-corrected chi connectivity index (χ0v) is 23.8. The van der Waals surface area contributed by atoms with Crippen molar-refractivity contribution >= 4 is 22.5 Å². The summed E-state index contributed by atoms with van der Waals surface area (Å²) in [6.07, 6.45) is 11.5. The highest BCUT2D eigenvalue weighted by Crippen LogP contribution is 2.64. The number of aromatic nitrogens is 1. The molecule has 4 aliphatic rings. The number of rotatable bonds is 6. The molecule has 3 aliphatic carbocycles. The Morgan fingerprint density at radius 2 is 1.95 bits per heavy atom. The van der Waals surface area contributed by atoms with Crippen LogP contribution in [0, 0.1) is 28.6 Å². The molecule has 1 aromatic heterocycles. The first-order valence-electron chi connectivity index (χ1n) is 15.0. The number of nitrogens with zero attached hydrogens (tertiary/aromatic N) is 1. The Hall–Kier alpha value is -2.11. The highest BCUT2D eigenvalue weighted by atomic mass is 16.5. The third-order valence-corrected chi connectivity index (χ3v) is 11.3. The Bertz CT molecular complexity index is 1240. The number of carbonyl (C=O) groups is 1. The molecule has 0 bridgehead atoms. The Balaban J connectivity index is 1.07. The van der Waals surface area contributed by atoms with Crippen molar-refractivity contribution in [2.45, 2.75) is 97.6 Å². The summed E-state index contributed by atoms with van der Waals surface area (Å²) in [6.45, 7) is 11.0. The van der Waals surface area contributed by atoms with Crippen molar-refractivity contribution in [1.29, 1.82) is 0 Å². The molecular weight excluding hydrogens is 472 g/mol. The van der Waals surface area contributed by atoms with Crippen LogP contribution in [-0.2, 0) is 9.53 Å². The van der Waals surface area contributed by atoms with Crippen LogP contribution in [-0.4, -0.2) is 34.9 Å². The van der Waals surface area contributed by atoms with Crippen LogP contribution in [0.3, 0.4) is 0 Å². The van der Waals surface area contributed by atoms with E-state index in [1.54, 1.807) is 11.1 Å². The average Bonchev–Trinajstić information content (AvgIpc) is 3.24. The van der Waals surface area contributed by atoms with Crippen molar-refractivity contribution in [1.82, 2.24) is 4.57 Å². The zero-order valence-electron chi connectivity index (χ0n) is 23.8. The van der Waals surface area contributed by atoms with Crippen molar-refractivity contribution in [3.05, 3.63) is 41.6 Å². The highest BCUT2D eigenvalue weighted by Gasteiger charge is 2.58. The van der Waals surface area contributed by atoms with Gasteiger partial charge in [0.2, 0.25) is 5.91 Å². The quantitative estimate of drug-likeness (QED) is 0.396. The Kier molecular flexibility index (Phi) is 6.75. The van der Waals surface area contributed by atoms with Gasteiger partial charge in [0.1, 0.15) is 0 Å². The molecule has 6 rings (SSSR count). The standard InChI is InChI=1S/C33H46N2O3/c1-21-8-11-27-26(10-13-29-32(2,3)30(36)14-16-33(27,29)4)25(21)6-5-7-31(37)34-23-9-12-28-22(18-23)15-17-35(28)24-19-38-20-24/h9,12,15,17-18,24,26-27,29-30,36H,5-8,10-11,13-14,16,19-20H2,1-4H3,(H,34,37)/t26-,27-,29-,30-,33+/m0/s1. The van der Waals surface area contributed by atoms with Gasteiger partial charge in [0.15, 0.2) is 0 Å². The van der Waals surface area contributed by atoms with Crippen LogP contribution in [0.4, 0.5) is 5.69 Å². The molecule has 2 aromatic rings. The second kappa shape index (κ2) is 9.82. The van der Waals surface area contributed by atoms with E-state index in [-0.39, 0.29) is 17.4 Å². The van der Waals surface area contributed by atoms with Gasteiger partial charge < -0.3 is 19.7 Å². The summed E-state index contributed by atoms with van der Waals surface area (Å²) in [5, 5.41) is 15.1. The largest absolute Gasteiger partial charge is 0.393 e. The molecule has 2 saturated carbocycles. The zero-order chi connectivity index (χ0) is 26.7. The number of anilines is 1. The van der Waals surface area contributed by atoms with E-state index in [9.17, 15) is 9.90 Å². The molecule has 3 fully saturated rings. The lowest BCUT2D eigenvalue weighted by molar-refractivity contribution is -0.149. The van der Waals surface area contributed by atoms with Gasteiger partial charge in [0, 0.05) is 29.2 Å². The Morgan fingerprint density at radius 1 is 1.13 bits per heavy atom. The number of benzene rings is 1. The number of aliphatic hydroxyl groups excluding tert-OH is 1. The van der Waals surface area contributed by atoms with E-state index in [0.717, 1.165) is 50.0 Å². The Labute approximate surface area is 228 Å². The molecule has 38 heavy (non-hydrogen) atoms. The number of aliphatic hydroxyl groups is 1. The molecule has 0 unspecified atom stereocenters. The van der Waals surface area contributed by atoms with E-state index < -0.39 is 0 Å². The van der Waals surface area contributed by atoms with Gasteiger partial charge in [0.05, 0.1) is 25.4 Å². The van der Waals surface area contributed by atoms with Gasteiger partial charge in [0.25, 0.3) is 0 Å². The first kappa shape index (κ1) is 26.1. The summed E-state index contributed by atoms with van der Waals surface area (Å²) in [7, 11) is 0. The lowest BCUT2D eigenvalue weighted by atomic mass is 9.43. The molecule has 1 aliphatic heterocycles. The summed E-state index contributed by atoms with van der Waals surface area (Å²) >= 11 is 0. The fraction of sp³-hybridized carbons (Fsp3) is 0.667. The van der Waals surface area contributed by atoms with Crippen molar-refractivity contribution in [3.63, 3.8) is 0 Å². The van der Waals surface area contributed by atoms with E-state index in [1.807, 2.05) is 6.07 Å². The summed E-state index contributed by atoms with van der Waals surface area (Å²) in [5.74, 6) is 2.08. The smallest absolute Gasteiger partial charge is 0.224 e. The van der Waals surface area contributed by atoms with Gasteiger partial charge >= 0.3 is 0 Å². The number of carbonyl (C=O) groups excluding carboxylic acids is 1. The fourth-order valence-electron chi connectivity index (χ4n) is 9.03. The van der Waals surface area contributed by atoms with Gasteiger partial charge in [-0.15, -0.1) is 0 Å². The number of hydrogen-bond donors (Lipinski definition) is 2. The van der Waals surface area contributed by atoms with Crippen LogP contribution < -0.4 is 5.32 Å². The average molecular weight is 519 g/mol. The van der Waals surface area contributed by atoms with Gasteiger partial charge in [-0.25, -0.2) is 0 Å². The number of nitrogens with one attached hydrogen (secondary N) is 1. The minimum atomic E-state index is -0.172. The number of hydrogen-bond acceptors (Lipinski definition) is 3. The van der Waals surface area contributed by atoms with Gasteiger partial charge in [-0.3, -0.25) is 4.79 Å². The predicted molar refractivity (Wildman–Crippen MR) is 153 cm³/mol. The number of allylic oxidation sites excluding steroid dienone is 2. The van der Waals surface area contributed by atoms with Gasteiger partial charge in [-0.1, -0.05) is 31.9 Å². The second-order valence-electron chi connectivity index (χ2n) is 13.7. The topological polar surface area (TPSA) is 63.5 Å². The maximum Gasteiger partial charge on any atom is 0.224 e. The van der Waals surface area contributed by atoms with Crippen LogP contribution in [0.1, 0.15) is 91.5 Å². The van der Waals surface area contributed by atoms with Crippen LogP contribution in [0.5, 0.6) is 0 Å². The normalized spacial score (nSPS) is 33.0. The van der Waals surface area contributed by atoms with Crippen molar-refractivity contribution in [2.24, 2.45) is 28.6 Å². The summed E-state index contributed by atoms with van der Waals surface area (Å²) in [5.41, 5.74) is 5.63. The third kappa shape index (κ3) is 4.34. The molecule has 1 saturated heterocycles. The molecule has 1 aromatic carbocycles. The van der Waals surface area contributed by atoms with E-state index >= 15 is 0 Å². The lowest BCUT2D eigenvalue weighted by Crippen LogP contribution is -2.56. The molecule has 2 N–H and O–H groups in total. The lowest BCUT2D eigenvalue weighted by Gasteiger charge is -2.62. The molecule has 0 radical (unpaired) electrons. The first-order valence-corrected chi connectivity index (χ1v) is 15.0. The van der Waals surface area contributed by atoms with Crippen molar-refractivity contribution in [3.8, 4) is 0 Å². The summed E-state index contributed by atoms with van der Waals surface area (Å²) < 4.78 is 7.63. The monoisotopic (exact) mass is 518 g/mol. The van der Waals surface area contributed by atoms with Crippen LogP contribution >= 0.6 is 0 Å². The summed E-state index contributed by atoms with van der Waals surface area (Å²) in [6, 6.07) is 8.78. The van der Waals surface area contributed by atoms with E-state index in [1.165, 1.54) is 31.2 Å². The van der Waals surface area contributed by atoms with Crippen LogP contribution in [0.25, 0.3) is 10.9 Å². The van der Waals surface area contributed by atoms with Gasteiger partial charge in [-0.2, -0.15) is 0 Å². The minimum Gasteiger partial charge on any atom is -0.393 e. The maximum atomic E-state index is 12.9. The molecule has 0 spiro atoms. The summed E-state index contributed by atoms with van der Waals surface area (Å²) in [4.78, 5) is 12.9. The molecule has 2 heterocycles. The van der Waals surface area contributed by atoms with Crippen LogP contribution in [0.15, 0.2) is 41.6 Å². The molecule has 1 amide bonds. The molecule has 206 valence electrons. The molecular formula is C33H46N2O3. The number of amides is 1. The van der Waals surface area contributed by atoms with Crippen molar-refractivity contribution in [2.75, 3.05) is 18.5 Å². The van der Waals surface area contributed by atoms with Crippen molar-refractivity contribution < 1.29 is 14.6 Å². The minimum absolute atomic E-state index is 0.00365. The Morgan fingerprint density at radius 3 is 2.71 bits per heavy atom. The predicted octanol–water partition coefficient (Wildman–Crippen LogP) is 7.26. The second-order valence-corrected chi connectivity index (χ2v) is 13.7. The van der Waals surface area contributed by atoms with Gasteiger partial charge in [-0.05, 0) is 111 Å².